The number of hydrogen-bond acceptors (Lipinski definition) is 2. The average molecular weight is 142 g/mol. The summed E-state index contributed by atoms with van der Waals surface area (Å²) in [6, 6.07) is 0. The molecule has 2 nitrogen and oxygen atoms in total. The first kappa shape index (κ1) is 9.63. The first-order chi connectivity index (χ1) is 4.91. The first-order valence-corrected chi connectivity index (χ1v) is 4.11. The van der Waals surface area contributed by atoms with Crippen LogP contribution < -0.4 is 5.32 Å². The van der Waals surface area contributed by atoms with Crippen molar-refractivity contribution in [3.8, 4) is 0 Å². The van der Waals surface area contributed by atoms with Gasteiger partial charge in [0.2, 0.25) is 0 Å². The fraction of sp³-hybridized carbons (Fsp3) is 0.875. The van der Waals surface area contributed by atoms with Crippen molar-refractivity contribution < 1.29 is 0 Å². The molecule has 0 aliphatic carbocycles. The molecule has 0 heterocycles. The van der Waals surface area contributed by atoms with Crippen molar-refractivity contribution >= 4 is 6.21 Å². The van der Waals surface area contributed by atoms with Crippen LogP contribution in [0.5, 0.6) is 0 Å². The lowest BCUT2D eigenvalue weighted by Crippen LogP contribution is -2.13. The lowest BCUT2D eigenvalue weighted by Gasteiger charge is -1.98. The molecule has 2 heteroatoms. The van der Waals surface area contributed by atoms with Crippen molar-refractivity contribution in [2.75, 3.05) is 13.1 Å². The van der Waals surface area contributed by atoms with Crippen LogP contribution in [0.3, 0.4) is 0 Å². The molecular weight excluding hydrogens is 124 g/mol. The number of nitrogens with one attached hydrogen (secondary N) is 2. The zero-order valence-electron chi connectivity index (χ0n) is 6.82. The second-order valence-corrected chi connectivity index (χ2v) is 2.41. The van der Waals surface area contributed by atoms with Crippen molar-refractivity contribution in [1.29, 1.82) is 5.41 Å². The fourth-order valence-corrected chi connectivity index (χ4v) is 0.850. The van der Waals surface area contributed by atoms with Gasteiger partial charge in [0.05, 0.1) is 0 Å². The van der Waals surface area contributed by atoms with Crippen molar-refractivity contribution in [1.82, 2.24) is 5.32 Å². The molecule has 0 aromatic carbocycles. The Hall–Kier alpha value is -0.370. The molecule has 0 aliphatic rings. The Balaban J connectivity index is 2.70. The van der Waals surface area contributed by atoms with Gasteiger partial charge in [-0.3, -0.25) is 0 Å². The molecular formula is C8H18N2. The average Bonchev–Trinajstić information content (AvgIpc) is 1.97. The second-order valence-electron chi connectivity index (χ2n) is 2.41. The fourth-order valence-electron chi connectivity index (χ4n) is 0.850. The summed E-state index contributed by atoms with van der Waals surface area (Å²) >= 11 is 0. The molecule has 2 N–H and O–H groups in total. The van der Waals surface area contributed by atoms with Gasteiger partial charge in [-0.05, 0) is 38.6 Å². The van der Waals surface area contributed by atoms with Crippen LogP contribution in [0.4, 0.5) is 0 Å². The third kappa shape index (κ3) is 7.63. The maximum absolute atomic E-state index is 6.78. The molecule has 10 heavy (non-hydrogen) atoms. The Morgan fingerprint density at radius 3 is 2.70 bits per heavy atom. The summed E-state index contributed by atoms with van der Waals surface area (Å²) in [4.78, 5) is 0. The predicted octanol–water partition coefficient (Wildman–Crippen LogP) is 1.81. The molecule has 0 atom stereocenters. The van der Waals surface area contributed by atoms with E-state index in [2.05, 4.69) is 12.2 Å². The highest BCUT2D eigenvalue weighted by atomic mass is 14.8. The molecule has 0 rings (SSSR count). The van der Waals surface area contributed by atoms with Crippen LogP contribution in [0.1, 0.15) is 32.6 Å². The lowest BCUT2D eigenvalue weighted by atomic mass is 10.2. The Morgan fingerprint density at radius 1 is 1.30 bits per heavy atom. The zero-order chi connectivity index (χ0) is 7.66. The van der Waals surface area contributed by atoms with E-state index in [0.717, 1.165) is 19.5 Å². The first-order valence-electron chi connectivity index (χ1n) is 4.11. The molecule has 0 bridgehead atoms. The normalized spacial score (nSPS) is 9.70. The quantitative estimate of drug-likeness (QED) is 0.412. The van der Waals surface area contributed by atoms with E-state index < -0.39 is 0 Å². The van der Waals surface area contributed by atoms with E-state index >= 15 is 0 Å². The van der Waals surface area contributed by atoms with Gasteiger partial charge in [-0.25, -0.2) is 0 Å². The molecule has 60 valence electrons. The van der Waals surface area contributed by atoms with E-state index in [4.69, 9.17) is 5.41 Å². The van der Waals surface area contributed by atoms with Gasteiger partial charge in [0.1, 0.15) is 0 Å². The van der Waals surface area contributed by atoms with E-state index in [1.54, 1.807) is 0 Å². The predicted molar refractivity (Wildman–Crippen MR) is 45.8 cm³/mol. The molecule has 0 unspecified atom stereocenters. The highest BCUT2D eigenvalue weighted by Crippen LogP contribution is 1.95. The maximum Gasteiger partial charge on any atom is -0.00477 e. The second kappa shape index (κ2) is 8.63. The van der Waals surface area contributed by atoms with Crippen LogP contribution in [0.15, 0.2) is 0 Å². The number of unbranched alkanes of at least 4 members (excludes halogenated alkanes) is 3. The summed E-state index contributed by atoms with van der Waals surface area (Å²) in [5.41, 5.74) is 0. The van der Waals surface area contributed by atoms with E-state index in [9.17, 15) is 0 Å². The van der Waals surface area contributed by atoms with E-state index in [0.29, 0.717) is 0 Å². The van der Waals surface area contributed by atoms with Crippen LogP contribution >= 0.6 is 0 Å². The smallest absolute Gasteiger partial charge is 0.00477 e. The summed E-state index contributed by atoms with van der Waals surface area (Å²) in [5, 5.41) is 10.0. The van der Waals surface area contributed by atoms with Gasteiger partial charge in [0.25, 0.3) is 0 Å². The van der Waals surface area contributed by atoms with Gasteiger partial charge in [-0.2, -0.15) is 0 Å². The van der Waals surface area contributed by atoms with E-state index in [1.165, 1.54) is 25.5 Å². The van der Waals surface area contributed by atoms with Crippen molar-refractivity contribution in [2.45, 2.75) is 32.6 Å². The van der Waals surface area contributed by atoms with Gasteiger partial charge < -0.3 is 10.7 Å². The molecule has 0 saturated heterocycles. The van der Waals surface area contributed by atoms with Gasteiger partial charge in [0, 0.05) is 0 Å². The van der Waals surface area contributed by atoms with Crippen LogP contribution in [0.2, 0.25) is 0 Å². The van der Waals surface area contributed by atoms with Crippen LogP contribution in [-0.4, -0.2) is 19.3 Å². The van der Waals surface area contributed by atoms with Crippen LogP contribution in [-0.2, 0) is 0 Å². The lowest BCUT2D eigenvalue weighted by molar-refractivity contribution is 0.625. The monoisotopic (exact) mass is 142 g/mol. The molecule has 0 radical (unpaired) electrons. The summed E-state index contributed by atoms with van der Waals surface area (Å²) in [5.74, 6) is 0. The molecule has 0 amide bonds. The SMILES string of the molecule is CCNCCCCCC=N. The molecule has 0 aromatic heterocycles. The number of hydrogen-bond donors (Lipinski definition) is 2. The Bertz CT molecular complexity index is 71.7. The molecule has 0 spiro atoms. The third-order valence-corrected chi connectivity index (χ3v) is 1.45. The van der Waals surface area contributed by atoms with Gasteiger partial charge >= 0.3 is 0 Å². The van der Waals surface area contributed by atoms with E-state index in [-0.39, 0.29) is 0 Å². The molecule has 0 aliphatic heterocycles. The Morgan fingerprint density at radius 2 is 2.10 bits per heavy atom. The summed E-state index contributed by atoms with van der Waals surface area (Å²) in [6.07, 6.45) is 6.12. The molecule has 0 aromatic rings. The molecule has 0 saturated carbocycles. The Labute approximate surface area is 63.5 Å². The topological polar surface area (TPSA) is 35.9 Å². The van der Waals surface area contributed by atoms with Crippen LogP contribution in [0, 0.1) is 5.41 Å². The highest BCUT2D eigenvalue weighted by molar-refractivity contribution is 5.52. The third-order valence-electron chi connectivity index (χ3n) is 1.45. The zero-order valence-corrected chi connectivity index (χ0v) is 6.82. The highest BCUT2D eigenvalue weighted by Gasteiger charge is 1.85. The van der Waals surface area contributed by atoms with Crippen molar-refractivity contribution in [3.63, 3.8) is 0 Å². The van der Waals surface area contributed by atoms with Crippen molar-refractivity contribution in [2.24, 2.45) is 0 Å². The summed E-state index contributed by atoms with van der Waals surface area (Å²) in [7, 11) is 0. The molecule has 0 fully saturated rings. The van der Waals surface area contributed by atoms with Gasteiger partial charge in [-0.1, -0.05) is 13.3 Å². The van der Waals surface area contributed by atoms with Crippen molar-refractivity contribution in [3.05, 3.63) is 0 Å². The van der Waals surface area contributed by atoms with Gasteiger partial charge in [0.15, 0.2) is 0 Å². The van der Waals surface area contributed by atoms with E-state index in [1.807, 2.05) is 0 Å². The summed E-state index contributed by atoms with van der Waals surface area (Å²) in [6.45, 7) is 4.33. The Kier molecular flexibility index (Phi) is 8.31. The minimum atomic E-state index is 0.951. The van der Waals surface area contributed by atoms with Crippen LogP contribution in [0.25, 0.3) is 0 Å². The standard InChI is InChI=1S/C8H18N2/c1-2-10-8-6-4-3-5-7-9/h7,9-10H,2-6,8H2,1H3. The maximum atomic E-state index is 6.78. The summed E-state index contributed by atoms with van der Waals surface area (Å²) < 4.78 is 0. The largest absolute Gasteiger partial charge is 0.317 e. The minimum absolute atomic E-state index is 0.951. The minimum Gasteiger partial charge on any atom is -0.317 e. The van der Waals surface area contributed by atoms with Gasteiger partial charge in [-0.15, -0.1) is 0 Å². The number of rotatable bonds is 7.